The van der Waals surface area contributed by atoms with E-state index in [2.05, 4.69) is 5.32 Å². The predicted molar refractivity (Wildman–Crippen MR) is 230 cm³/mol. The molecule has 2 aliphatic heterocycles. The Bertz CT molecular complexity index is 1320. The van der Waals surface area contributed by atoms with Gasteiger partial charge in [-0.15, -0.1) is 0 Å². The third kappa shape index (κ3) is 23.9. The first kappa shape index (κ1) is 55.7. The summed E-state index contributed by atoms with van der Waals surface area (Å²) in [5.74, 6) is 1.28. The van der Waals surface area contributed by atoms with Crippen molar-refractivity contribution in [3.8, 4) is 0 Å². The standard InChI is InChI=1S/C16H27NO5.C16H27NO3.C14H27NO2/c1-11(2)13-9-15(19)17(16(13)20)5-6-21-7-8-22-10-14(18)12(3)4;1-11(2)13-10-15(19)17(16(13)20)9-7-5-6-8-14(18)12(3)4;1-11(2)10-14(17)15-9-7-5-6-8-13(16)12(3)4/h11-13H,5-10H2,1-4H3;11-13H,5-10H2,1-4H3;11-12H,5-10H2,1-4H3,(H,15,17). The van der Waals surface area contributed by atoms with Gasteiger partial charge in [0, 0.05) is 74.8 Å². The van der Waals surface area contributed by atoms with Gasteiger partial charge in [-0.2, -0.15) is 0 Å². The average Bonchev–Trinajstić information content (AvgIpc) is 3.60. The van der Waals surface area contributed by atoms with Crippen LogP contribution in [0.5, 0.6) is 0 Å². The first-order valence-electron chi connectivity index (χ1n) is 22.3. The third-order valence-corrected chi connectivity index (χ3v) is 10.5. The normalized spacial score (nSPS) is 16.8. The molecule has 0 aromatic rings. The summed E-state index contributed by atoms with van der Waals surface area (Å²) in [5.41, 5.74) is 0. The van der Waals surface area contributed by atoms with Gasteiger partial charge in [-0.1, -0.05) is 95.9 Å². The zero-order valence-corrected chi connectivity index (χ0v) is 38.8. The Morgan fingerprint density at radius 3 is 1.42 bits per heavy atom. The molecule has 0 radical (unpaired) electrons. The molecule has 1 N–H and O–H groups in total. The molecule has 0 saturated carbocycles. The second kappa shape index (κ2) is 30.7. The fourth-order valence-electron chi connectivity index (χ4n) is 6.24. The third-order valence-electron chi connectivity index (χ3n) is 10.5. The van der Waals surface area contributed by atoms with E-state index < -0.39 is 0 Å². The van der Waals surface area contributed by atoms with E-state index >= 15 is 0 Å². The first-order valence-corrected chi connectivity index (χ1v) is 22.3. The van der Waals surface area contributed by atoms with Gasteiger partial charge >= 0.3 is 0 Å². The van der Waals surface area contributed by atoms with E-state index in [0.29, 0.717) is 70.2 Å². The maximum absolute atomic E-state index is 12.1. The van der Waals surface area contributed by atoms with Gasteiger partial charge in [0.15, 0.2) is 5.78 Å². The van der Waals surface area contributed by atoms with Crippen LogP contribution in [0, 0.1) is 47.3 Å². The van der Waals surface area contributed by atoms with E-state index in [9.17, 15) is 38.4 Å². The highest BCUT2D eigenvalue weighted by Crippen LogP contribution is 2.27. The number of likely N-dealkylation sites (tertiary alicyclic amines) is 2. The number of ketones is 3. The first-order chi connectivity index (χ1) is 27.6. The van der Waals surface area contributed by atoms with Crippen LogP contribution in [0.2, 0.25) is 0 Å². The zero-order valence-electron chi connectivity index (χ0n) is 38.8. The number of hydrogen-bond donors (Lipinski definition) is 1. The van der Waals surface area contributed by atoms with Crippen molar-refractivity contribution in [3.05, 3.63) is 0 Å². The number of nitrogens with one attached hydrogen (secondary N) is 1. The minimum absolute atomic E-state index is 0.0109. The smallest absolute Gasteiger partial charge is 0.233 e. The van der Waals surface area contributed by atoms with Crippen molar-refractivity contribution in [2.75, 3.05) is 46.1 Å². The summed E-state index contributed by atoms with van der Waals surface area (Å²) < 4.78 is 10.5. The molecule has 2 rings (SSSR count). The van der Waals surface area contributed by atoms with Gasteiger partial charge in [0.1, 0.15) is 18.2 Å². The number of carbonyl (C=O) groups is 8. The second-order valence-corrected chi connectivity index (χ2v) is 18.0. The van der Waals surface area contributed by atoms with Crippen LogP contribution >= 0.6 is 0 Å². The Labute approximate surface area is 356 Å². The van der Waals surface area contributed by atoms with Gasteiger partial charge in [-0.25, -0.2) is 0 Å². The van der Waals surface area contributed by atoms with Crippen LogP contribution in [0.3, 0.4) is 0 Å². The number of carbonyl (C=O) groups excluding carboxylic acids is 8. The molecule has 0 spiro atoms. The molecule has 2 saturated heterocycles. The summed E-state index contributed by atoms with van der Waals surface area (Å²) in [6.07, 6.45) is 8.01. The lowest BCUT2D eigenvalue weighted by atomic mass is 9.94. The molecule has 2 aliphatic rings. The lowest BCUT2D eigenvalue weighted by molar-refractivity contribution is -0.141. The van der Waals surface area contributed by atoms with Crippen molar-refractivity contribution >= 4 is 46.9 Å². The van der Waals surface area contributed by atoms with Crippen molar-refractivity contribution in [1.82, 2.24) is 15.1 Å². The topological polar surface area (TPSA) is 174 Å². The molecule has 2 heterocycles. The fraction of sp³-hybridized carbons (Fsp3) is 0.826. The van der Waals surface area contributed by atoms with Crippen LogP contribution in [0.4, 0.5) is 0 Å². The Kier molecular flexibility index (Phi) is 28.9. The van der Waals surface area contributed by atoms with Crippen LogP contribution in [-0.2, 0) is 47.8 Å². The molecular formula is C46H81N3O10. The van der Waals surface area contributed by atoms with E-state index in [1.54, 1.807) is 0 Å². The van der Waals surface area contributed by atoms with Crippen LogP contribution in [0.15, 0.2) is 0 Å². The predicted octanol–water partition coefficient (Wildman–Crippen LogP) is 7.01. The molecule has 0 aromatic heterocycles. The number of Topliss-reactive ketones (excluding diaryl/α,β-unsaturated/α-hetero) is 3. The van der Waals surface area contributed by atoms with Crippen LogP contribution < -0.4 is 5.32 Å². The van der Waals surface area contributed by atoms with Crippen LogP contribution in [-0.4, -0.2) is 103 Å². The SMILES string of the molecule is CC(C)C(=O)CCCCCN1C(=O)CC(C(C)C)C1=O.CC(C)C(=O)COCCOCCN1C(=O)CC(C(C)C)C1=O.CC(C)CC(=O)NCCCCCC(=O)C(C)C. The van der Waals surface area contributed by atoms with Gasteiger partial charge in [-0.3, -0.25) is 48.2 Å². The summed E-state index contributed by atoms with van der Waals surface area (Å²) >= 11 is 0. The minimum Gasteiger partial charge on any atom is -0.377 e. The minimum atomic E-state index is -0.196. The zero-order chi connectivity index (χ0) is 45.2. The van der Waals surface area contributed by atoms with Gasteiger partial charge in [0.2, 0.25) is 29.5 Å². The van der Waals surface area contributed by atoms with Gasteiger partial charge < -0.3 is 14.8 Å². The maximum Gasteiger partial charge on any atom is 0.233 e. The number of ether oxygens (including phenoxy) is 2. The summed E-state index contributed by atoms with van der Waals surface area (Å²) in [5, 5.41) is 2.90. The van der Waals surface area contributed by atoms with Crippen molar-refractivity contribution in [1.29, 1.82) is 0 Å². The Morgan fingerprint density at radius 2 is 1.00 bits per heavy atom. The molecule has 13 heteroatoms. The fourth-order valence-corrected chi connectivity index (χ4v) is 6.24. The monoisotopic (exact) mass is 836 g/mol. The lowest BCUT2D eigenvalue weighted by Gasteiger charge is -2.16. The number of hydrogen-bond acceptors (Lipinski definition) is 10. The molecule has 2 unspecified atom stereocenters. The average molecular weight is 836 g/mol. The molecule has 2 fully saturated rings. The number of nitrogens with zero attached hydrogens (tertiary/aromatic N) is 2. The van der Waals surface area contributed by atoms with E-state index in [0.717, 1.165) is 45.1 Å². The molecule has 13 nitrogen and oxygen atoms in total. The highest BCUT2D eigenvalue weighted by atomic mass is 16.5. The van der Waals surface area contributed by atoms with E-state index in [1.807, 2.05) is 83.1 Å². The van der Waals surface area contributed by atoms with E-state index in [-0.39, 0.29) is 95.7 Å². The van der Waals surface area contributed by atoms with E-state index in [4.69, 9.17) is 9.47 Å². The van der Waals surface area contributed by atoms with E-state index in [1.165, 1.54) is 9.80 Å². The van der Waals surface area contributed by atoms with Gasteiger partial charge in [-0.05, 0) is 43.4 Å². The Morgan fingerprint density at radius 1 is 0.559 bits per heavy atom. The molecule has 2 atom stereocenters. The molecule has 0 aromatic carbocycles. The quantitative estimate of drug-likeness (QED) is 0.0670. The number of imide groups is 2. The van der Waals surface area contributed by atoms with Crippen molar-refractivity contribution in [3.63, 3.8) is 0 Å². The Balaban J connectivity index is 0.000000863. The molecule has 0 bridgehead atoms. The molecule has 0 aliphatic carbocycles. The molecule has 59 heavy (non-hydrogen) atoms. The van der Waals surface area contributed by atoms with Crippen LogP contribution in [0.25, 0.3) is 0 Å². The van der Waals surface area contributed by atoms with Crippen molar-refractivity contribution < 1.29 is 47.8 Å². The summed E-state index contributed by atoms with van der Waals surface area (Å²) in [7, 11) is 0. The van der Waals surface area contributed by atoms with Crippen LogP contribution in [0.1, 0.15) is 154 Å². The van der Waals surface area contributed by atoms with Crippen molar-refractivity contribution in [2.24, 2.45) is 47.3 Å². The summed E-state index contributed by atoms with van der Waals surface area (Å²) in [6.45, 7) is 25.9. The summed E-state index contributed by atoms with van der Waals surface area (Å²) in [4.78, 5) is 95.9. The summed E-state index contributed by atoms with van der Waals surface area (Å²) in [6, 6.07) is 0. The highest BCUT2D eigenvalue weighted by molar-refractivity contribution is 6.04. The second-order valence-electron chi connectivity index (χ2n) is 18.0. The Hall–Kier alpha value is -3.32. The lowest BCUT2D eigenvalue weighted by Crippen LogP contribution is -2.34. The van der Waals surface area contributed by atoms with Crippen molar-refractivity contribution in [2.45, 2.75) is 154 Å². The number of unbranched alkanes of at least 4 members (excludes halogenated alkanes) is 4. The molecule has 340 valence electrons. The van der Waals surface area contributed by atoms with Gasteiger partial charge in [0.25, 0.3) is 0 Å². The molecular weight excluding hydrogens is 755 g/mol. The van der Waals surface area contributed by atoms with Gasteiger partial charge in [0.05, 0.1) is 26.4 Å². The maximum atomic E-state index is 12.1. The highest BCUT2D eigenvalue weighted by Gasteiger charge is 2.40. The molecule has 5 amide bonds. The number of rotatable bonds is 27. The largest absolute Gasteiger partial charge is 0.377 e. The number of amides is 5.